The normalized spacial score (nSPS) is 16.7. The highest BCUT2D eigenvalue weighted by Crippen LogP contribution is 2.40. The summed E-state index contributed by atoms with van der Waals surface area (Å²) < 4.78 is 0. The van der Waals surface area contributed by atoms with Crippen LogP contribution in [0.25, 0.3) is 0 Å². The van der Waals surface area contributed by atoms with Gasteiger partial charge in [0.25, 0.3) is 0 Å². The number of benzene rings is 2. The average Bonchev–Trinajstić information content (AvgIpc) is 2.81. The van der Waals surface area contributed by atoms with E-state index in [9.17, 15) is 4.79 Å². The zero-order valence-corrected chi connectivity index (χ0v) is 17.7. The number of oxime groups is 1. The highest BCUT2D eigenvalue weighted by molar-refractivity contribution is 6.30. The Labute approximate surface area is 179 Å². The van der Waals surface area contributed by atoms with Gasteiger partial charge in [0.15, 0.2) is 0 Å². The molecule has 2 aromatic rings. The van der Waals surface area contributed by atoms with Gasteiger partial charge in [0.2, 0.25) is 0 Å². The van der Waals surface area contributed by atoms with Gasteiger partial charge < -0.3 is 15.5 Å². The zero-order chi connectivity index (χ0) is 22.0. The number of halogens is 1. The first-order chi connectivity index (χ1) is 14.2. The first-order valence-electron chi connectivity index (χ1n) is 9.31. The Balaban J connectivity index is 2.17. The fourth-order valence-electron chi connectivity index (χ4n) is 3.26. The van der Waals surface area contributed by atoms with E-state index in [1.54, 1.807) is 42.2 Å². The molecule has 0 aliphatic carbocycles. The molecule has 0 aromatic heterocycles. The molecule has 1 atom stereocenters. The van der Waals surface area contributed by atoms with Crippen molar-refractivity contribution < 1.29 is 9.63 Å². The fourth-order valence-corrected chi connectivity index (χ4v) is 3.38. The quantitative estimate of drug-likeness (QED) is 0.291. The number of nitrogens with two attached hydrogens (primary N) is 1. The Morgan fingerprint density at radius 2 is 1.87 bits per heavy atom. The molecule has 0 amide bonds. The SMILES string of the molecule is CC(=N)N1C(=N)[C@H](C)CN(c2ccc(Cl)cc2)c2cc(C(=O)ON=C(C)N)ccc21. The van der Waals surface area contributed by atoms with Crippen molar-refractivity contribution in [3.05, 3.63) is 53.1 Å². The molecule has 9 heteroatoms. The van der Waals surface area contributed by atoms with Crippen molar-refractivity contribution in [2.45, 2.75) is 20.8 Å². The molecule has 3 rings (SSSR count). The van der Waals surface area contributed by atoms with E-state index in [4.69, 9.17) is 33.0 Å². The molecule has 1 heterocycles. The Bertz CT molecular complexity index is 1030. The largest absolute Gasteiger partial charge is 0.385 e. The van der Waals surface area contributed by atoms with Gasteiger partial charge in [-0.05, 0) is 56.3 Å². The summed E-state index contributed by atoms with van der Waals surface area (Å²) in [6, 6.07) is 12.3. The summed E-state index contributed by atoms with van der Waals surface area (Å²) >= 11 is 6.05. The molecule has 2 aromatic carbocycles. The molecule has 0 fully saturated rings. The first-order valence-corrected chi connectivity index (χ1v) is 9.69. The zero-order valence-electron chi connectivity index (χ0n) is 16.9. The second kappa shape index (κ2) is 8.54. The molecule has 156 valence electrons. The van der Waals surface area contributed by atoms with Crippen LogP contribution in [-0.4, -0.2) is 30.0 Å². The number of nitrogens with zero attached hydrogens (tertiary/aromatic N) is 3. The fraction of sp³-hybridized carbons (Fsp3) is 0.238. The van der Waals surface area contributed by atoms with Gasteiger partial charge in [0, 0.05) is 23.2 Å². The molecule has 0 radical (unpaired) electrons. The lowest BCUT2D eigenvalue weighted by Crippen LogP contribution is -2.38. The monoisotopic (exact) mass is 426 g/mol. The van der Waals surface area contributed by atoms with E-state index in [-0.39, 0.29) is 23.2 Å². The summed E-state index contributed by atoms with van der Waals surface area (Å²) in [5.74, 6) is -0.171. The van der Waals surface area contributed by atoms with Crippen LogP contribution in [0.15, 0.2) is 47.6 Å². The Kier molecular flexibility index (Phi) is 6.07. The molecule has 30 heavy (non-hydrogen) atoms. The highest BCUT2D eigenvalue weighted by Gasteiger charge is 2.31. The lowest BCUT2D eigenvalue weighted by atomic mass is 10.1. The van der Waals surface area contributed by atoms with Crippen molar-refractivity contribution in [1.29, 1.82) is 10.8 Å². The van der Waals surface area contributed by atoms with E-state index < -0.39 is 5.97 Å². The van der Waals surface area contributed by atoms with E-state index in [1.807, 2.05) is 24.0 Å². The van der Waals surface area contributed by atoms with E-state index in [2.05, 4.69) is 5.16 Å². The molecule has 1 aliphatic heterocycles. The Morgan fingerprint density at radius 1 is 1.20 bits per heavy atom. The third kappa shape index (κ3) is 4.28. The van der Waals surface area contributed by atoms with E-state index >= 15 is 0 Å². The van der Waals surface area contributed by atoms with Crippen molar-refractivity contribution in [3.8, 4) is 0 Å². The van der Waals surface area contributed by atoms with Crippen LogP contribution in [0.3, 0.4) is 0 Å². The van der Waals surface area contributed by atoms with Crippen LogP contribution in [-0.2, 0) is 4.84 Å². The topological polar surface area (TPSA) is 119 Å². The molecule has 1 aliphatic rings. The number of carbonyl (C=O) groups excluding carboxylic acids is 1. The smallest absolute Gasteiger partial charge is 0.365 e. The standard InChI is InChI=1S/C21H23ClN6O2/c1-12-11-27(17-7-5-16(22)6-8-17)19-10-15(21(29)30-26-13(2)23)4-9-18(19)28(14(3)24)20(12)25/h4-10,12,24-25H,11H2,1-3H3,(H2,23,26)/t12-/m1/s1. The molecule has 4 N–H and O–H groups in total. The number of fused-ring (bicyclic) bond motifs is 1. The van der Waals surface area contributed by atoms with Crippen LogP contribution in [0, 0.1) is 16.7 Å². The maximum atomic E-state index is 12.4. The van der Waals surface area contributed by atoms with Gasteiger partial charge in [-0.2, -0.15) is 0 Å². The third-order valence-electron chi connectivity index (χ3n) is 4.65. The summed E-state index contributed by atoms with van der Waals surface area (Å²) in [6.45, 7) is 5.56. The number of nitrogens with one attached hydrogen (secondary N) is 2. The molecular formula is C21H23ClN6O2. The average molecular weight is 427 g/mol. The van der Waals surface area contributed by atoms with Crippen LogP contribution in [0.5, 0.6) is 0 Å². The minimum absolute atomic E-state index is 0.133. The Hall–Kier alpha value is -3.39. The van der Waals surface area contributed by atoms with Crippen molar-refractivity contribution >= 4 is 52.1 Å². The lowest BCUT2D eigenvalue weighted by molar-refractivity contribution is 0.0515. The number of carbonyl (C=O) groups is 1. The van der Waals surface area contributed by atoms with E-state index in [0.717, 1.165) is 5.69 Å². The second-order valence-electron chi connectivity index (χ2n) is 7.11. The molecule has 0 saturated carbocycles. The maximum absolute atomic E-state index is 12.4. The summed E-state index contributed by atoms with van der Waals surface area (Å²) in [6.07, 6.45) is 0. The van der Waals surface area contributed by atoms with Crippen LogP contribution in [0.4, 0.5) is 17.1 Å². The summed E-state index contributed by atoms with van der Waals surface area (Å²) in [5, 5.41) is 21.0. The summed E-state index contributed by atoms with van der Waals surface area (Å²) in [5.41, 5.74) is 7.87. The summed E-state index contributed by atoms with van der Waals surface area (Å²) in [7, 11) is 0. The number of amidine groups is 3. The van der Waals surface area contributed by atoms with Gasteiger partial charge >= 0.3 is 5.97 Å². The molecule has 0 saturated heterocycles. The van der Waals surface area contributed by atoms with E-state index in [0.29, 0.717) is 28.8 Å². The second-order valence-corrected chi connectivity index (χ2v) is 7.55. The maximum Gasteiger partial charge on any atom is 0.365 e. The van der Waals surface area contributed by atoms with Gasteiger partial charge in [-0.3, -0.25) is 15.7 Å². The minimum Gasteiger partial charge on any atom is -0.385 e. The lowest BCUT2D eigenvalue weighted by Gasteiger charge is -2.27. The first kappa shape index (κ1) is 21.3. The summed E-state index contributed by atoms with van der Waals surface area (Å²) in [4.78, 5) is 20.9. The Morgan fingerprint density at radius 3 is 2.47 bits per heavy atom. The van der Waals surface area contributed by atoms with Crippen molar-refractivity contribution in [3.63, 3.8) is 0 Å². The highest BCUT2D eigenvalue weighted by atomic mass is 35.5. The van der Waals surface area contributed by atoms with E-state index in [1.165, 1.54) is 6.92 Å². The predicted molar refractivity (Wildman–Crippen MR) is 120 cm³/mol. The number of anilines is 3. The molecule has 8 nitrogen and oxygen atoms in total. The van der Waals surface area contributed by atoms with Crippen molar-refractivity contribution in [2.24, 2.45) is 16.8 Å². The van der Waals surface area contributed by atoms with Crippen LogP contribution in [0.1, 0.15) is 31.1 Å². The minimum atomic E-state index is -0.649. The number of hydrogen-bond donors (Lipinski definition) is 3. The number of rotatable bonds is 3. The molecule has 0 unspecified atom stereocenters. The van der Waals surface area contributed by atoms with Crippen LogP contribution in [0.2, 0.25) is 5.02 Å². The van der Waals surface area contributed by atoms with Crippen LogP contribution >= 0.6 is 11.6 Å². The van der Waals surface area contributed by atoms with Gasteiger partial charge in [0.1, 0.15) is 17.5 Å². The van der Waals surface area contributed by atoms with Gasteiger partial charge in [-0.15, -0.1) is 0 Å². The molecule has 0 bridgehead atoms. The van der Waals surface area contributed by atoms with Gasteiger partial charge in [-0.1, -0.05) is 23.7 Å². The molecule has 0 spiro atoms. The third-order valence-corrected chi connectivity index (χ3v) is 4.91. The van der Waals surface area contributed by atoms with Gasteiger partial charge in [0.05, 0.1) is 16.9 Å². The number of hydrogen-bond acceptors (Lipinski definition) is 6. The van der Waals surface area contributed by atoms with Crippen molar-refractivity contribution in [1.82, 2.24) is 0 Å². The predicted octanol–water partition coefficient (Wildman–Crippen LogP) is 4.36. The molecular weight excluding hydrogens is 404 g/mol. The van der Waals surface area contributed by atoms with Gasteiger partial charge in [-0.25, -0.2) is 4.79 Å². The van der Waals surface area contributed by atoms with Crippen molar-refractivity contribution in [2.75, 3.05) is 16.3 Å². The van der Waals surface area contributed by atoms with Crippen LogP contribution < -0.4 is 15.5 Å².